The number of alkyl halides is 3. The summed E-state index contributed by atoms with van der Waals surface area (Å²) in [7, 11) is 0. The number of nitrogen functional groups attached to an aromatic ring is 1. The van der Waals surface area contributed by atoms with E-state index >= 15 is 0 Å². The van der Waals surface area contributed by atoms with Crippen LogP contribution in [-0.2, 0) is 20.6 Å². The third-order valence-electron chi connectivity index (χ3n) is 9.73. The summed E-state index contributed by atoms with van der Waals surface area (Å²) in [6.45, 7) is 5.22. The second-order valence-corrected chi connectivity index (χ2v) is 14.8. The van der Waals surface area contributed by atoms with Gasteiger partial charge in [0.1, 0.15) is 23.3 Å². The van der Waals surface area contributed by atoms with E-state index in [0.717, 1.165) is 30.0 Å². The summed E-state index contributed by atoms with van der Waals surface area (Å²) in [5, 5.41) is 19.0. The van der Waals surface area contributed by atoms with Crippen molar-refractivity contribution in [2.75, 3.05) is 52.4 Å². The van der Waals surface area contributed by atoms with Gasteiger partial charge >= 0.3 is 6.18 Å². The van der Waals surface area contributed by atoms with Gasteiger partial charge < -0.3 is 36.4 Å². The number of aliphatic hydroxyl groups is 1. The van der Waals surface area contributed by atoms with Crippen LogP contribution < -0.4 is 36.2 Å². The highest BCUT2D eigenvalue weighted by Gasteiger charge is 2.51. The van der Waals surface area contributed by atoms with Crippen LogP contribution in [-0.4, -0.2) is 81.9 Å². The molecule has 3 saturated heterocycles. The lowest BCUT2D eigenvalue weighted by Gasteiger charge is -2.31. The van der Waals surface area contributed by atoms with E-state index in [4.69, 9.17) is 34.3 Å². The fourth-order valence-electron chi connectivity index (χ4n) is 6.77. The lowest BCUT2D eigenvalue weighted by atomic mass is 9.98. The Morgan fingerprint density at radius 1 is 1.11 bits per heavy atom. The van der Waals surface area contributed by atoms with Crippen molar-refractivity contribution in [3.05, 3.63) is 65.3 Å². The van der Waals surface area contributed by atoms with Gasteiger partial charge in [0, 0.05) is 23.5 Å². The van der Waals surface area contributed by atoms with Crippen molar-refractivity contribution >= 4 is 75.2 Å². The first-order chi connectivity index (χ1) is 25.5. The summed E-state index contributed by atoms with van der Waals surface area (Å²) in [5.41, 5.74) is 4.64. The molecular weight excluding hydrogens is 749 g/mol. The largest absolute Gasteiger partial charge is 0.492 e. The smallest absolute Gasteiger partial charge is 0.420 e. The molecule has 3 aliphatic heterocycles. The maximum absolute atomic E-state index is 13.6. The predicted octanol–water partition coefficient (Wildman–Crippen LogP) is 4.99. The number of carbonyl (C=O) groups is 3. The Labute approximate surface area is 320 Å². The fraction of sp³-hybridized carbons (Fsp3) is 0.417. The van der Waals surface area contributed by atoms with Gasteiger partial charge in [-0.2, -0.15) is 13.2 Å². The van der Waals surface area contributed by atoms with Crippen LogP contribution >= 0.6 is 23.8 Å². The first-order valence-corrected chi connectivity index (χ1v) is 18.1. The number of nitrogens with zero attached hydrogens (tertiary/aromatic N) is 4. The molecular formula is C36H40ClF3N8O5S. The van der Waals surface area contributed by atoms with Gasteiger partial charge in [0.15, 0.2) is 5.11 Å². The number of thiocarbonyl (C=S) groups is 1. The highest BCUT2D eigenvalue weighted by Crippen LogP contribution is 2.41. The third-order valence-corrected chi connectivity index (χ3v) is 10.4. The molecule has 0 spiro atoms. The zero-order valence-electron chi connectivity index (χ0n) is 29.5. The van der Waals surface area contributed by atoms with E-state index in [1.807, 2.05) is 6.07 Å². The minimum absolute atomic E-state index is 0.0479. The molecule has 2 unspecified atom stereocenters. The van der Waals surface area contributed by atoms with Crippen molar-refractivity contribution in [2.45, 2.75) is 63.5 Å². The number of aliphatic hydroxyl groups excluding tert-OH is 1. The second-order valence-electron chi connectivity index (χ2n) is 14.0. The normalized spacial score (nSPS) is 20.9. The van der Waals surface area contributed by atoms with Crippen LogP contribution in [0.4, 0.5) is 41.7 Å². The number of piperidine rings is 2. The molecule has 0 aliphatic carbocycles. The van der Waals surface area contributed by atoms with Gasteiger partial charge in [-0.15, -0.1) is 0 Å². The highest BCUT2D eigenvalue weighted by atomic mass is 35.5. The Morgan fingerprint density at radius 3 is 2.52 bits per heavy atom. The molecule has 3 fully saturated rings. The predicted molar refractivity (Wildman–Crippen MR) is 202 cm³/mol. The molecule has 3 aliphatic rings. The first-order valence-electron chi connectivity index (χ1n) is 17.3. The topological polar surface area (TPSA) is 165 Å². The number of aromatic nitrogens is 1. The van der Waals surface area contributed by atoms with Crippen molar-refractivity contribution in [1.29, 1.82) is 0 Å². The lowest BCUT2D eigenvalue weighted by molar-refractivity contribution is -0.137. The summed E-state index contributed by atoms with van der Waals surface area (Å²) in [4.78, 5) is 46.1. The molecule has 54 heavy (non-hydrogen) atoms. The van der Waals surface area contributed by atoms with Crippen LogP contribution in [0.3, 0.4) is 0 Å². The summed E-state index contributed by atoms with van der Waals surface area (Å²) < 4.78 is 46.7. The van der Waals surface area contributed by atoms with Gasteiger partial charge in [0.25, 0.3) is 5.91 Å². The average molecular weight is 789 g/mol. The summed E-state index contributed by atoms with van der Waals surface area (Å²) in [6.07, 6.45) is -2.28. The molecule has 288 valence electrons. The van der Waals surface area contributed by atoms with E-state index in [0.29, 0.717) is 55.3 Å². The lowest BCUT2D eigenvalue weighted by Crippen LogP contribution is -2.51. The summed E-state index contributed by atoms with van der Waals surface area (Å²) in [6, 6.07) is 12.5. The van der Waals surface area contributed by atoms with Gasteiger partial charge in [0.2, 0.25) is 11.8 Å². The molecule has 3 amide bonds. The number of hydrogen-bond donors (Lipinski definition) is 5. The molecule has 4 heterocycles. The Balaban J connectivity index is 0.995. The minimum atomic E-state index is -4.78. The van der Waals surface area contributed by atoms with E-state index in [-0.39, 0.29) is 46.1 Å². The molecule has 6 N–H and O–H groups in total. The Kier molecular flexibility index (Phi) is 11.2. The van der Waals surface area contributed by atoms with E-state index in [1.165, 1.54) is 4.90 Å². The second kappa shape index (κ2) is 15.6. The van der Waals surface area contributed by atoms with Crippen LogP contribution in [0.2, 0.25) is 5.02 Å². The van der Waals surface area contributed by atoms with Crippen molar-refractivity contribution in [1.82, 2.24) is 15.2 Å². The molecule has 3 aromatic rings. The number of ether oxygens (including phenoxy) is 1. The number of pyridine rings is 1. The van der Waals surface area contributed by atoms with E-state index < -0.39 is 35.2 Å². The number of amides is 3. The number of hydrogen-bond acceptors (Lipinski definition) is 10. The molecule has 1 aromatic heterocycles. The summed E-state index contributed by atoms with van der Waals surface area (Å²) >= 11 is 12.2. The van der Waals surface area contributed by atoms with Gasteiger partial charge in [-0.25, -0.2) is 4.98 Å². The van der Waals surface area contributed by atoms with Crippen LogP contribution in [0.15, 0.2) is 54.7 Å². The van der Waals surface area contributed by atoms with Crippen molar-refractivity contribution in [2.24, 2.45) is 5.92 Å². The van der Waals surface area contributed by atoms with Crippen LogP contribution in [0.1, 0.15) is 45.1 Å². The fourth-order valence-corrected chi connectivity index (χ4v) is 7.52. The molecule has 0 saturated carbocycles. The minimum Gasteiger partial charge on any atom is -0.492 e. The molecule has 2 atom stereocenters. The van der Waals surface area contributed by atoms with Crippen LogP contribution in [0.5, 0.6) is 5.75 Å². The van der Waals surface area contributed by atoms with Crippen LogP contribution in [0, 0.1) is 5.92 Å². The first kappa shape index (κ1) is 39.0. The van der Waals surface area contributed by atoms with Crippen molar-refractivity contribution < 1.29 is 37.4 Å². The third kappa shape index (κ3) is 8.48. The standard InChI is InChI=1S/C36H40ClF3N8O5S/c1-35(2)33(52)47(24-15-25(36(38,39)40)31(41)42-17-24)34(54)48(35)23-6-8-28(26(37)16-23)53-19-20-10-12-46(13-11-20)18-30(50)44-22-5-3-4-21(14-22)43-27-7-9-29(49)45-32(27)51/h3-6,8,14-17,20,27,32,43,51H,7,9-13,18-19H2,1-2H3,(H2,41,42)(H,44,50)(H,45,49). The van der Waals surface area contributed by atoms with Crippen molar-refractivity contribution in [3.8, 4) is 5.75 Å². The van der Waals surface area contributed by atoms with Crippen molar-refractivity contribution in [3.63, 3.8) is 0 Å². The Morgan fingerprint density at radius 2 is 1.83 bits per heavy atom. The monoisotopic (exact) mass is 788 g/mol. The Hall–Kier alpha value is -4.71. The van der Waals surface area contributed by atoms with Gasteiger partial charge in [-0.05, 0) is 107 Å². The van der Waals surface area contributed by atoms with Gasteiger partial charge in [0.05, 0.1) is 41.7 Å². The number of carbonyl (C=O) groups excluding carboxylic acids is 3. The maximum atomic E-state index is 13.6. The number of nitrogens with one attached hydrogen (secondary N) is 3. The summed E-state index contributed by atoms with van der Waals surface area (Å²) in [5.74, 6) is -0.964. The quantitative estimate of drug-likeness (QED) is 0.176. The molecule has 13 nitrogen and oxygen atoms in total. The van der Waals surface area contributed by atoms with Gasteiger partial charge in [-0.3, -0.25) is 24.2 Å². The zero-order valence-corrected chi connectivity index (χ0v) is 31.0. The molecule has 0 radical (unpaired) electrons. The maximum Gasteiger partial charge on any atom is 0.420 e. The van der Waals surface area contributed by atoms with E-state index in [1.54, 1.807) is 50.2 Å². The van der Waals surface area contributed by atoms with Crippen LogP contribution in [0.25, 0.3) is 0 Å². The molecule has 2 aromatic carbocycles. The SMILES string of the molecule is CC1(C)C(=O)N(c2cnc(N)c(C(F)(F)F)c2)C(=S)N1c1ccc(OCC2CCN(CC(=O)Nc3cccc(NC4CCC(=O)NC4O)c3)CC2)c(Cl)c1. The highest BCUT2D eigenvalue weighted by molar-refractivity contribution is 7.81. The van der Waals surface area contributed by atoms with E-state index in [9.17, 15) is 32.7 Å². The van der Waals surface area contributed by atoms with Gasteiger partial charge in [-0.1, -0.05) is 17.7 Å². The molecule has 18 heteroatoms. The number of nitrogens with two attached hydrogens (primary N) is 1. The number of rotatable bonds is 10. The Bertz CT molecular complexity index is 1940. The molecule has 6 rings (SSSR count). The average Bonchev–Trinajstić information content (AvgIpc) is 3.28. The van der Waals surface area contributed by atoms with E-state index in [2.05, 4.69) is 25.8 Å². The number of likely N-dealkylation sites (tertiary alicyclic amines) is 1. The molecule has 0 bridgehead atoms. The zero-order chi connectivity index (χ0) is 38.9. The number of anilines is 5. The number of halogens is 4. The number of benzene rings is 2.